The standard InChI is InChI=1S/C5H10N2O.ClH/c1-7-4-2-3-6-5(7)8;/h2-4H2,1H3,(H,6,8);1H. The Morgan fingerprint density at radius 1 is 1.67 bits per heavy atom. The third kappa shape index (κ3) is 2.10. The van der Waals surface area contributed by atoms with Crippen molar-refractivity contribution in [3.05, 3.63) is 0 Å². The predicted molar refractivity (Wildman–Crippen MR) is 37.9 cm³/mol. The van der Waals surface area contributed by atoms with Crippen molar-refractivity contribution in [2.45, 2.75) is 6.42 Å². The van der Waals surface area contributed by atoms with Gasteiger partial charge < -0.3 is 10.2 Å². The Labute approximate surface area is 60.8 Å². The Morgan fingerprint density at radius 3 is 2.67 bits per heavy atom. The van der Waals surface area contributed by atoms with Gasteiger partial charge in [-0.2, -0.15) is 0 Å². The van der Waals surface area contributed by atoms with Crippen molar-refractivity contribution < 1.29 is 4.79 Å². The first-order valence-electron chi connectivity index (χ1n) is 2.79. The lowest BCUT2D eigenvalue weighted by Crippen LogP contribution is -2.43. The van der Waals surface area contributed by atoms with Crippen LogP contribution in [0.4, 0.5) is 4.79 Å². The summed E-state index contributed by atoms with van der Waals surface area (Å²) < 4.78 is 0. The highest BCUT2D eigenvalue weighted by atomic mass is 35.5. The molecule has 1 saturated heterocycles. The SMILES string of the molecule is CN1CCCNC1=O.Cl. The first kappa shape index (κ1) is 8.56. The molecule has 1 aliphatic heterocycles. The molecule has 0 aliphatic carbocycles. The number of nitrogens with one attached hydrogen (secondary N) is 1. The second-order valence-electron chi connectivity index (χ2n) is 2.01. The molecule has 0 aromatic rings. The van der Waals surface area contributed by atoms with Crippen molar-refractivity contribution in [1.82, 2.24) is 10.2 Å². The fraction of sp³-hybridized carbons (Fsp3) is 0.800. The number of carbonyl (C=O) groups excluding carboxylic acids is 1. The largest absolute Gasteiger partial charge is 0.338 e. The Kier molecular flexibility index (Phi) is 3.39. The Hall–Kier alpha value is -0.440. The zero-order valence-electron chi connectivity index (χ0n) is 5.39. The van der Waals surface area contributed by atoms with Crippen LogP contribution in [-0.4, -0.2) is 31.1 Å². The molecule has 9 heavy (non-hydrogen) atoms. The van der Waals surface area contributed by atoms with Crippen LogP contribution in [0.5, 0.6) is 0 Å². The van der Waals surface area contributed by atoms with Crippen LogP contribution in [0.2, 0.25) is 0 Å². The molecular weight excluding hydrogens is 140 g/mol. The van der Waals surface area contributed by atoms with E-state index >= 15 is 0 Å². The van der Waals surface area contributed by atoms with Gasteiger partial charge in [-0.1, -0.05) is 0 Å². The molecule has 0 aromatic carbocycles. The number of carbonyl (C=O) groups is 1. The van der Waals surface area contributed by atoms with Gasteiger partial charge in [-0.25, -0.2) is 4.79 Å². The normalized spacial score (nSPS) is 18.3. The summed E-state index contributed by atoms with van der Waals surface area (Å²) in [5, 5.41) is 2.72. The maximum absolute atomic E-state index is 10.6. The highest BCUT2D eigenvalue weighted by Gasteiger charge is 2.10. The number of halogens is 1. The fourth-order valence-corrected chi connectivity index (χ4v) is 0.748. The summed E-state index contributed by atoms with van der Waals surface area (Å²) in [6.45, 7) is 1.73. The van der Waals surface area contributed by atoms with E-state index < -0.39 is 0 Å². The van der Waals surface area contributed by atoms with Crippen molar-refractivity contribution in [3.8, 4) is 0 Å². The molecule has 0 atom stereocenters. The Balaban J connectivity index is 0.000000640. The van der Waals surface area contributed by atoms with Crippen molar-refractivity contribution in [2.75, 3.05) is 20.1 Å². The molecule has 1 fully saturated rings. The lowest BCUT2D eigenvalue weighted by Gasteiger charge is -2.22. The van der Waals surface area contributed by atoms with Gasteiger partial charge in [0.2, 0.25) is 0 Å². The van der Waals surface area contributed by atoms with Gasteiger partial charge in [-0.15, -0.1) is 12.4 Å². The molecule has 3 nitrogen and oxygen atoms in total. The van der Waals surface area contributed by atoms with E-state index in [1.54, 1.807) is 11.9 Å². The molecule has 1 rings (SSSR count). The first-order valence-corrected chi connectivity index (χ1v) is 2.79. The highest BCUT2D eigenvalue weighted by molar-refractivity contribution is 5.85. The number of nitrogens with zero attached hydrogens (tertiary/aromatic N) is 1. The summed E-state index contributed by atoms with van der Waals surface area (Å²) >= 11 is 0. The van der Waals surface area contributed by atoms with Gasteiger partial charge in [-0.3, -0.25) is 0 Å². The molecule has 1 heterocycles. The van der Waals surface area contributed by atoms with E-state index in [4.69, 9.17) is 0 Å². The molecule has 0 spiro atoms. The van der Waals surface area contributed by atoms with Crippen LogP contribution in [0.15, 0.2) is 0 Å². The van der Waals surface area contributed by atoms with Crippen molar-refractivity contribution in [1.29, 1.82) is 0 Å². The lowest BCUT2D eigenvalue weighted by molar-refractivity contribution is 0.199. The van der Waals surface area contributed by atoms with Gasteiger partial charge in [0.15, 0.2) is 0 Å². The lowest BCUT2D eigenvalue weighted by atomic mass is 10.3. The average molecular weight is 151 g/mol. The maximum atomic E-state index is 10.6. The second-order valence-corrected chi connectivity index (χ2v) is 2.01. The summed E-state index contributed by atoms with van der Waals surface area (Å²) in [5.74, 6) is 0. The smallest absolute Gasteiger partial charge is 0.317 e. The average Bonchev–Trinajstić information content (AvgIpc) is 1.77. The van der Waals surface area contributed by atoms with Crippen LogP contribution in [0.3, 0.4) is 0 Å². The molecule has 0 aromatic heterocycles. The summed E-state index contributed by atoms with van der Waals surface area (Å²) in [4.78, 5) is 12.3. The summed E-state index contributed by atoms with van der Waals surface area (Å²) in [6.07, 6.45) is 1.07. The van der Waals surface area contributed by atoms with E-state index in [1.807, 2.05) is 0 Å². The van der Waals surface area contributed by atoms with Gasteiger partial charge in [0.05, 0.1) is 0 Å². The van der Waals surface area contributed by atoms with Crippen molar-refractivity contribution in [3.63, 3.8) is 0 Å². The molecule has 54 valence electrons. The van der Waals surface area contributed by atoms with E-state index in [0.717, 1.165) is 19.5 Å². The van der Waals surface area contributed by atoms with Crippen molar-refractivity contribution in [2.24, 2.45) is 0 Å². The van der Waals surface area contributed by atoms with Gasteiger partial charge in [0.1, 0.15) is 0 Å². The number of urea groups is 1. The van der Waals surface area contributed by atoms with E-state index in [2.05, 4.69) is 5.32 Å². The van der Waals surface area contributed by atoms with Crippen LogP contribution >= 0.6 is 12.4 Å². The van der Waals surface area contributed by atoms with E-state index in [1.165, 1.54) is 0 Å². The molecule has 1 aliphatic rings. The number of rotatable bonds is 0. The molecule has 2 amide bonds. The molecule has 1 N–H and O–H groups in total. The summed E-state index contributed by atoms with van der Waals surface area (Å²) in [7, 11) is 1.80. The van der Waals surface area contributed by atoms with Gasteiger partial charge >= 0.3 is 6.03 Å². The number of hydrogen-bond donors (Lipinski definition) is 1. The monoisotopic (exact) mass is 150 g/mol. The van der Waals surface area contributed by atoms with Crippen LogP contribution in [0, 0.1) is 0 Å². The molecule has 0 saturated carbocycles. The fourth-order valence-electron chi connectivity index (χ4n) is 0.748. The third-order valence-corrected chi connectivity index (χ3v) is 1.29. The number of amides is 2. The Bertz CT molecular complexity index is 107. The summed E-state index contributed by atoms with van der Waals surface area (Å²) in [5.41, 5.74) is 0. The van der Waals surface area contributed by atoms with Gasteiger partial charge in [-0.05, 0) is 6.42 Å². The molecule has 0 radical (unpaired) electrons. The summed E-state index contributed by atoms with van der Waals surface area (Å²) in [6, 6.07) is 0.0521. The van der Waals surface area contributed by atoms with Gasteiger partial charge in [0, 0.05) is 20.1 Å². The quantitative estimate of drug-likeness (QED) is 0.535. The molecular formula is C5H11ClN2O. The predicted octanol–water partition coefficient (Wildman–Crippen LogP) is 0.453. The van der Waals surface area contributed by atoms with Crippen LogP contribution in [0.25, 0.3) is 0 Å². The van der Waals surface area contributed by atoms with Gasteiger partial charge in [0.25, 0.3) is 0 Å². The molecule has 0 unspecified atom stereocenters. The third-order valence-electron chi connectivity index (χ3n) is 1.29. The van der Waals surface area contributed by atoms with Crippen LogP contribution in [0.1, 0.15) is 6.42 Å². The second kappa shape index (κ2) is 3.56. The minimum Gasteiger partial charge on any atom is -0.338 e. The minimum atomic E-state index is 0. The van der Waals surface area contributed by atoms with Crippen LogP contribution in [-0.2, 0) is 0 Å². The van der Waals surface area contributed by atoms with E-state index in [9.17, 15) is 4.79 Å². The topological polar surface area (TPSA) is 32.3 Å². The minimum absolute atomic E-state index is 0. The molecule has 0 bridgehead atoms. The zero-order chi connectivity index (χ0) is 5.98. The zero-order valence-corrected chi connectivity index (χ0v) is 6.20. The molecule has 4 heteroatoms. The number of hydrogen-bond acceptors (Lipinski definition) is 1. The van der Waals surface area contributed by atoms with Crippen LogP contribution < -0.4 is 5.32 Å². The first-order chi connectivity index (χ1) is 3.80. The van der Waals surface area contributed by atoms with Crippen molar-refractivity contribution >= 4 is 18.4 Å². The van der Waals surface area contributed by atoms with E-state index in [-0.39, 0.29) is 18.4 Å². The Morgan fingerprint density at radius 2 is 2.33 bits per heavy atom. The van der Waals surface area contributed by atoms with E-state index in [0.29, 0.717) is 0 Å². The highest BCUT2D eigenvalue weighted by Crippen LogP contribution is 1.92. The maximum Gasteiger partial charge on any atom is 0.317 e.